The molecular weight excluding hydrogens is 491 g/mol. The van der Waals surface area contributed by atoms with Crippen LogP contribution >= 0.6 is 0 Å². The van der Waals surface area contributed by atoms with Crippen molar-refractivity contribution < 1.29 is 37.0 Å². The Morgan fingerprint density at radius 3 is 2.38 bits per heavy atom. The van der Waals surface area contributed by atoms with Crippen LogP contribution in [-0.4, -0.2) is 31.1 Å². The fraction of sp³-hybridized carbons (Fsp3) is 0.115. The molecule has 0 spiro atoms. The number of pyridine rings is 1. The lowest BCUT2D eigenvalue weighted by molar-refractivity contribution is -0.119. The monoisotopic (exact) mass is 511 g/mol. The third-order valence-electron chi connectivity index (χ3n) is 5.26. The van der Waals surface area contributed by atoms with E-state index in [1.54, 1.807) is 18.2 Å². The van der Waals surface area contributed by atoms with Gasteiger partial charge >= 0.3 is 6.03 Å². The molecule has 0 atom stereocenters. The van der Waals surface area contributed by atoms with Gasteiger partial charge in [-0.05, 0) is 30.3 Å². The summed E-state index contributed by atoms with van der Waals surface area (Å²) in [5.41, 5.74) is 0.103. The van der Waals surface area contributed by atoms with Crippen molar-refractivity contribution in [2.24, 2.45) is 0 Å². The average molecular weight is 511 g/mol. The standard InChI is InChI=1S/C26H20F3N3O5/c1-35-22-12-16-20(13-23(22)36-2)30-9-8-21(16)37-15-6-7-19(18(28)11-15)31-26(34)32-24(33)10-14-4-3-5-17(27)25(14)29/h3-9,11-13H,10H2,1-2H3,(H2,31,32,33,34). The van der Waals surface area contributed by atoms with Gasteiger partial charge in [0.2, 0.25) is 5.91 Å². The van der Waals surface area contributed by atoms with Crippen molar-refractivity contribution in [3.8, 4) is 23.0 Å². The highest BCUT2D eigenvalue weighted by Crippen LogP contribution is 2.37. The fourth-order valence-corrected chi connectivity index (χ4v) is 3.51. The van der Waals surface area contributed by atoms with Crippen molar-refractivity contribution >= 4 is 28.5 Å². The predicted octanol–water partition coefficient (Wildman–Crippen LogP) is 5.35. The number of hydrogen-bond donors (Lipinski definition) is 2. The van der Waals surface area contributed by atoms with E-state index in [4.69, 9.17) is 14.2 Å². The van der Waals surface area contributed by atoms with Crippen LogP contribution < -0.4 is 24.8 Å². The van der Waals surface area contributed by atoms with Crippen molar-refractivity contribution in [2.75, 3.05) is 19.5 Å². The highest BCUT2D eigenvalue weighted by molar-refractivity contribution is 6.01. The number of aromatic nitrogens is 1. The number of carbonyl (C=O) groups is 2. The van der Waals surface area contributed by atoms with Crippen LogP contribution in [0.5, 0.6) is 23.0 Å². The number of amides is 3. The van der Waals surface area contributed by atoms with Crippen LogP contribution in [0, 0.1) is 17.5 Å². The zero-order valence-corrected chi connectivity index (χ0v) is 19.6. The first kappa shape index (κ1) is 25.3. The molecule has 0 fully saturated rings. The Hall–Kier alpha value is -4.80. The Morgan fingerprint density at radius 2 is 1.65 bits per heavy atom. The Morgan fingerprint density at radius 1 is 0.892 bits per heavy atom. The second-order valence-corrected chi connectivity index (χ2v) is 7.67. The number of methoxy groups -OCH3 is 2. The van der Waals surface area contributed by atoms with Gasteiger partial charge in [0.05, 0.1) is 31.8 Å². The summed E-state index contributed by atoms with van der Waals surface area (Å²) < 4.78 is 58.1. The van der Waals surface area contributed by atoms with Gasteiger partial charge in [0, 0.05) is 29.3 Å². The fourth-order valence-electron chi connectivity index (χ4n) is 3.51. The quantitative estimate of drug-likeness (QED) is 0.347. The summed E-state index contributed by atoms with van der Waals surface area (Å²) >= 11 is 0. The van der Waals surface area contributed by atoms with Gasteiger partial charge in [-0.2, -0.15) is 0 Å². The summed E-state index contributed by atoms with van der Waals surface area (Å²) in [6, 6.07) is 11.0. The highest BCUT2D eigenvalue weighted by Gasteiger charge is 2.16. The first-order chi connectivity index (χ1) is 17.8. The van der Waals surface area contributed by atoms with E-state index >= 15 is 0 Å². The maximum Gasteiger partial charge on any atom is 0.325 e. The second kappa shape index (κ2) is 10.9. The number of nitrogens with zero attached hydrogens (tertiary/aromatic N) is 1. The van der Waals surface area contributed by atoms with Gasteiger partial charge in [-0.25, -0.2) is 18.0 Å². The number of urea groups is 1. The third-order valence-corrected chi connectivity index (χ3v) is 5.26. The van der Waals surface area contributed by atoms with E-state index in [2.05, 4.69) is 10.3 Å². The van der Waals surface area contributed by atoms with E-state index in [1.807, 2.05) is 5.32 Å². The van der Waals surface area contributed by atoms with Gasteiger partial charge in [-0.15, -0.1) is 0 Å². The highest BCUT2D eigenvalue weighted by atomic mass is 19.2. The van der Waals surface area contributed by atoms with E-state index in [-0.39, 0.29) is 17.0 Å². The van der Waals surface area contributed by atoms with Gasteiger partial charge in [0.1, 0.15) is 17.3 Å². The predicted molar refractivity (Wildman–Crippen MR) is 129 cm³/mol. The van der Waals surface area contributed by atoms with Crippen molar-refractivity contribution in [1.29, 1.82) is 0 Å². The first-order valence-electron chi connectivity index (χ1n) is 10.8. The lowest BCUT2D eigenvalue weighted by atomic mass is 10.1. The molecule has 0 aliphatic rings. The molecule has 3 aromatic carbocycles. The molecule has 3 amide bonds. The van der Waals surface area contributed by atoms with Crippen LogP contribution in [0.4, 0.5) is 23.7 Å². The van der Waals surface area contributed by atoms with Crippen molar-refractivity contribution in [3.05, 3.63) is 83.8 Å². The molecule has 190 valence electrons. The molecule has 1 heterocycles. The van der Waals surface area contributed by atoms with Crippen molar-refractivity contribution in [2.45, 2.75) is 6.42 Å². The molecule has 0 aliphatic carbocycles. The van der Waals surface area contributed by atoms with Crippen LogP contribution in [0.2, 0.25) is 0 Å². The van der Waals surface area contributed by atoms with E-state index in [0.717, 1.165) is 12.1 Å². The molecule has 0 saturated heterocycles. The van der Waals surface area contributed by atoms with Gasteiger partial charge in [0.15, 0.2) is 23.1 Å². The van der Waals surface area contributed by atoms with Gasteiger partial charge in [-0.1, -0.05) is 12.1 Å². The molecule has 0 radical (unpaired) electrons. The summed E-state index contributed by atoms with van der Waals surface area (Å²) in [6.07, 6.45) is 0.940. The lowest BCUT2D eigenvalue weighted by Crippen LogP contribution is -2.35. The summed E-state index contributed by atoms with van der Waals surface area (Å²) in [6.45, 7) is 0. The largest absolute Gasteiger partial charge is 0.493 e. The Labute approximate surface area is 209 Å². The lowest BCUT2D eigenvalue weighted by Gasteiger charge is -2.13. The van der Waals surface area contributed by atoms with E-state index < -0.39 is 35.8 Å². The second-order valence-electron chi connectivity index (χ2n) is 7.67. The minimum atomic E-state index is -1.18. The number of benzene rings is 3. The van der Waals surface area contributed by atoms with Crippen LogP contribution in [0.1, 0.15) is 5.56 Å². The Bertz CT molecular complexity index is 1500. The molecule has 4 rings (SSSR count). The Balaban J connectivity index is 1.44. The van der Waals surface area contributed by atoms with Gasteiger partial charge in [-0.3, -0.25) is 15.1 Å². The first-order valence-corrected chi connectivity index (χ1v) is 10.8. The summed E-state index contributed by atoms with van der Waals surface area (Å²) in [5, 5.41) is 4.73. The molecule has 2 N–H and O–H groups in total. The van der Waals surface area contributed by atoms with E-state index in [9.17, 15) is 22.8 Å². The molecule has 37 heavy (non-hydrogen) atoms. The van der Waals surface area contributed by atoms with Crippen LogP contribution in [0.3, 0.4) is 0 Å². The number of nitrogens with one attached hydrogen (secondary N) is 2. The minimum absolute atomic E-state index is 0.128. The van der Waals surface area contributed by atoms with Crippen LogP contribution in [0.25, 0.3) is 10.9 Å². The number of carbonyl (C=O) groups excluding carboxylic acids is 2. The number of ether oxygens (including phenoxy) is 3. The van der Waals surface area contributed by atoms with Crippen molar-refractivity contribution in [1.82, 2.24) is 10.3 Å². The maximum atomic E-state index is 14.7. The number of hydrogen-bond acceptors (Lipinski definition) is 6. The molecular formula is C26H20F3N3O5. The summed E-state index contributed by atoms with van der Waals surface area (Å²) in [7, 11) is 2.99. The SMILES string of the molecule is COc1cc2nccc(Oc3ccc(NC(=O)NC(=O)Cc4cccc(F)c4F)c(F)c3)c2cc1OC. The summed E-state index contributed by atoms with van der Waals surface area (Å²) in [4.78, 5) is 28.4. The average Bonchev–Trinajstić information content (AvgIpc) is 2.87. The smallest absolute Gasteiger partial charge is 0.325 e. The number of rotatable bonds is 7. The van der Waals surface area contributed by atoms with Gasteiger partial charge in [0.25, 0.3) is 0 Å². The van der Waals surface area contributed by atoms with Crippen molar-refractivity contribution in [3.63, 3.8) is 0 Å². The molecule has 1 aromatic heterocycles. The summed E-state index contributed by atoms with van der Waals surface area (Å²) in [5.74, 6) is -2.59. The zero-order chi connectivity index (χ0) is 26.5. The van der Waals surface area contributed by atoms with E-state index in [0.29, 0.717) is 28.2 Å². The van der Waals surface area contributed by atoms with E-state index in [1.165, 1.54) is 44.7 Å². The maximum absolute atomic E-state index is 14.7. The molecule has 0 aliphatic heterocycles. The van der Waals surface area contributed by atoms with Gasteiger partial charge < -0.3 is 19.5 Å². The number of halogens is 3. The molecule has 0 saturated carbocycles. The Kier molecular flexibility index (Phi) is 7.42. The molecule has 0 unspecified atom stereocenters. The minimum Gasteiger partial charge on any atom is -0.493 e. The topological polar surface area (TPSA) is 98.8 Å². The zero-order valence-electron chi connectivity index (χ0n) is 19.6. The number of fused-ring (bicyclic) bond motifs is 1. The number of anilines is 1. The molecule has 4 aromatic rings. The normalized spacial score (nSPS) is 10.6. The van der Waals surface area contributed by atoms with Crippen LogP contribution in [-0.2, 0) is 11.2 Å². The molecule has 0 bridgehead atoms. The molecule has 8 nitrogen and oxygen atoms in total. The third kappa shape index (κ3) is 5.72. The van der Waals surface area contributed by atoms with Crippen LogP contribution in [0.15, 0.2) is 60.8 Å². The molecule has 11 heteroatoms. The number of imide groups is 1.